The van der Waals surface area contributed by atoms with Gasteiger partial charge in [-0.15, -0.1) is 0 Å². The van der Waals surface area contributed by atoms with Crippen molar-refractivity contribution in [2.24, 2.45) is 0 Å². The number of amides is 2. The lowest BCUT2D eigenvalue weighted by Gasteiger charge is -2.09. The van der Waals surface area contributed by atoms with Crippen LogP contribution >= 0.6 is 0 Å². The van der Waals surface area contributed by atoms with Crippen molar-refractivity contribution in [3.63, 3.8) is 0 Å². The number of carbonyl (C=O) groups is 2. The predicted octanol–water partition coefficient (Wildman–Crippen LogP) is 2.87. The number of halogens is 3. The third-order valence-corrected chi connectivity index (χ3v) is 2.60. The summed E-state index contributed by atoms with van der Waals surface area (Å²) >= 11 is 0. The molecule has 0 aliphatic carbocycles. The Kier molecular flexibility index (Phi) is 6.51. The maximum atomic E-state index is 13.3. The Morgan fingerprint density at radius 1 is 1.05 bits per heavy atom. The Bertz CT molecular complexity index is 500. The summed E-state index contributed by atoms with van der Waals surface area (Å²) in [7, 11) is 0. The Morgan fingerprint density at radius 2 is 1.67 bits per heavy atom. The number of carboxylic acid groups (broad SMARTS) is 1. The number of aliphatic carboxylic acids is 1. The highest BCUT2D eigenvalue weighted by molar-refractivity contribution is 5.89. The van der Waals surface area contributed by atoms with Crippen LogP contribution in [0.25, 0.3) is 0 Å². The highest BCUT2D eigenvalue weighted by Crippen LogP contribution is 2.19. The molecule has 0 aromatic heterocycles. The van der Waals surface area contributed by atoms with Crippen molar-refractivity contribution in [3.8, 4) is 0 Å². The highest BCUT2D eigenvalue weighted by Gasteiger charge is 2.13. The molecule has 0 aliphatic heterocycles. The second kappa shape index (κ2) is 8.13. The van der Waals surface area contributed by atoms with E-state index in [2.05, 4.69) is 5.32 Å². The van der Waals surface area contributed by atoms with Crippen molar-refractivity contribution in [2.75, 3.05) is 11.9 Å². The molecule has 21 heavy (non-hydrogen) atoms. The Balaban J connectivity index is 2.33. The lowest BCUT2D eigenvalue weighted by Crippen LogP contribution is -2.30. The number of nitrogens with one attached hydrogen (secondary N) is 2. The van der Waals surface area contributed by atoms with Crippen LogP contribution in [-0.4, -0.2) is 23.7 Å². The van der Waals surface area contributed by atoms with E-state index in [0.717, 1.165) is 0 Å². The van der Waals surface area contributed by atoms with Gasteiger partial charge in [-0.1, -0.05) is 6.42 Å². The SMILES string of the molecule is O=C(O)CCCCCNC(=O)Nc1c(F)cc(F)cc1F. The van der Waals surface area contributed by atoms with E-state index in [0.29, 0.717) is 31.4 Å². The molecule has 0 spiro atoms. The normalized spacial score (nSPS) is 10.2. The summed E-state index contributed by atoms with van der Waals surface area (Å²) in [6.45, 7) is 0.232. The number of hydrogen-bond acceptors (Lipinski definition) is 2. The number of urea groups is 1. The molecule has 0 bridgehead atoms. The molecule has 0 fully saturated rings. The first-order valence-corrected chi connectivity index (χ1v) is 6.31. The summed E-state index contributed by atoms with van der Waals surface area (Å²) in [5.74, 6) is -4.37. The minimum Gasteiger partial charge on any atom is -0.481 e. The van der Waals surface area contributed by atoms with E-state index in [4.69, 9.17) is 5.11 Å². The zero-order valence-electron chi connectivity index (χ0n) is 11.1. The van der Waals surface area contributed by atoms with Crippen molar-refractivity contribution in [2.45, 2.75) is 25.7 Å². The standard InChI is InChI=1S/C13H15F3N2O3/c14-8-6-9(15)12(10(16)7-8)18-13(21)17-5-3-1-2-4-11(19)20/h6-7H,1-5H2,(H,19,20)(H2,17,18,21). The minimum atomic E-state index is -1.20. The molecular weight excluding hydrogens is 289 g/mol. The van der Waals surface area contributed by atoms with Gasteiger partial charge in [0.25, 0.3) is 0 Å². The zero-order valence-corrected chi connectivity index (χ0v) is 11.1. The highest BCUT2D eigenvalue weighted by atomic mass is 19.1. The molecule has 2 amide bonds. The smallest absolute Gasteiger partial charge is 0.319 e. The molecule has 116 valence electrons. The Labute approximate surface area is 119 Å². The van der Waals surface area contributed by atoms with Gasteiger partial charge in [0.2, 0.25) is 0 Å². The van der Waals surface area contributed by atoms with E-state index in [-0.39, 0.29) is 13.0 Å². The molecule has 1 aromatic carbocycles. The topological polar surface area (TPSA) is 78.4 Å². The molecule has 0 aliphatic rings. The van der Waals surface area contributed by atoms with Gasteiger partial charge in [0.15, 0.2) is 11.6 Å². The molecule has 1 aromatic rings. The number of benzene rings is 1. The van der Waals surface area contributed by atoms with E-state index in [9.17, 15) is 22.8 Å². The van der Waals surface area contributed by atoms with E-state index in [1.807, 2.05) is 5.32 Å². The average molecular weight is 304 g/mol. The lowest BCUT2D eigenvalue weighted by molar-refractivity contribution is -0.137. The van der Waals surface area contributed by atoms with Gasteiger partial charge in [0.1, 0.15) is 11.5 Å². The number of carboxylic acids is 1. The monoisotopic (exact) mass is 304 g/mol. The van der Waals surface area contributed by atoms with Gasteiger partial charge in [-0.05, 0) is 12.8 Å². The minimum absolute atomic E-state index is 0.0538. The molecule has 0 atom stereocenters. The van der Waals surface area contributed by atoms with Crippen molar-refractivity contribution >= 4 is 17.7 Å². The quantitative estimate of drug-likeness (QED) is 0.678. The van der Waals surface area contributed by atoms with E-state index >= 15 is 0 Å². The van der Waals surface area contributed by atoms with Gasteiger partial charge in [0.05, 0.1) is 0 Å². The summed E-state index contributed by atoms with van der Waals surface area (Å²) in [5, 5.41) is 12.7. The molecule has 3 N–H and O–H groups in total. The van der Waals surface area contributed by atoms with Crippen LogP contribution in [-0.2, 0) is 4.79 Å². The van der Waals surface area contributed by atoms with Gasteiger partial charge in [-0.2, -0.15) is 0 Å². The molecule has 0 saturated heterocycles. The first-order valence-electron chi connectivity index (χ1n) is 6.31. The van der Waals surface area contributed by atoms with Crippen LogP contribution in [0.15, 0.2) is 12.1 Å². The van der Waals surface area contributed by atoms with Gasteiger partial charge in [-0.25, -0.2) is 18.0 Å². The van der Waals surface area contributed by atoms with Crippen LogP contribution in [0.5, 0.6) is 0 Å². The third kappa shape index (κ3) is 6.15. The van der Waals surface area contributed by atoms with Crippen molar-refractivity contribution in [1.29, 1.82) is 0 Å². The van der Waals surface area contributed by atoms with Crippen LogP contribution in [0.1, 0.15) is 25.7 Å². The number of hydrogen-bond donors (Lipinski definition) is 3. The summed E-state index contributed by atoms with van der Waals surface area (Å²) in [6.07, 6.45) is 1.68. The third-order valence-electron chi connectivity index (χ3n) is 2.60. The van der Waals surface area contributed by atoms with Crippen molar-refractivity contribution in [3.05, 3.63) is 29.6 Å². The predicted molar refractivity (Wildman–Crippen MR) is 69.4 cm³/mol. The van der Waals surface area contributed by atoms with E-state index in [1.165, 1.54) is 0 Å². The molecule has 1 rings (SSSR count). The molecule has 0 radical (unpaired) electrons. The van der Waals surface area contributed by atoms with Gasteiger partial charge >= 0.3 is 12.0 Å². The lowest BCUT2D eigenvalue weighted by atomic mass is 10.2. The zero-order chi connectivity index (χ0) is 15.8. The maximum Gasteiger partial charge on any atom is 0.319 e. The van der Waals surface area contributed by atoms with Crippen molar-refractivity contribution < 1.29 is 27.9 Å². The molecular formula is C13H15F3N2O3. The second-order valence-electron chi connectivity index (χ2n) is 4.33. The summed E-state index contributed by atoms with van der Waals surface area (Å²) in [5.41, 5.74) is -0.722. The molecule has 0 heterocycles. The summed E-state index contributed by atoms with van der Waals surface area (Å²) in [6, 6.07) is 0.104. The molecule has 8 heteroatoms. The van der Waals surface area contributed by atoms with Gasteiger partial charge in [-0.3, -0.25) is 4.79 Å². The fourth-order valence-electron chi connectivity index (χ4n) is 1.60. The van der Waals surface area contributed by atoms with Gasteiger partial charge in [0, 0.05) is 25.1 Å². The fraction of sp³-hybridized carbons (Fsp3) is 0.385. The first kappa shape index (κ1) is 16.8. The molecule has 0 saturated carbocycles. The summed E-state index contributed by atoms with van der Waals surface area (Å²) < 4.78 is 39.2. The summed E-state index contributed by atoms with van der Waals surface area (Å²) in [4.78, 5) is 21.7. The average Bonchev–Trinajstić information content (AvgIpc) is 2.37. The fourth-order valence-corrected chi connectivity index (χ4v) is 1.60. The number of carbonyl (C=O) groups excluding carboxylic acids is 1. The number of anilines is 1. The van der Waals surface area contributed by atoms with Crippen LogP contribution in [0.2, 0.25) is 0 Å². The largest absolute Gasteiger partial charge is 0.481 e. The van der Waals surface area contributed by atoms with Crippen LogP contribution in [0, 0.1) is 17.5 Å². The van der Waals surface area contributed by atoms with Crippen molar-refractivity contribution in [1.82, 2.24) is 5.32 Å². The Morgan fingerprint density at radius 3 is 2.24 bits per heavy atom. The van der Waals surface area contributed by atoms with Crippen LogP contribution in [0.3, 0.4) is 0 Å². The Hall–Kier alpha value is -2.25. The molecule has 5 nitrogen and oxygen atoms in total. The molecule has 0 unspecified atom stereocenters. The van der Waals surface area contributed by atoms with Crippen LogP contribution in [0.4, 0.5) is 23.7 Å². The van der Waals surface area contributed by atoms with Crippen LogP contribution < -0.4 is 10.6 Å². The van der Waals surface area contributed by atoms with E-state index < -0.39 is 35.1 Å². The second-order valence-corrected chi connectivity index (χ2v) is 4.33. The van der Waals surface area contributed by atoms with Gasteiger partial charge < -0.3 is 15.7 Å². The maximum absolute atomic E-state index is 13.3. The number of rotatable bonds is 7. The van der Waals surface area contributed by atoms with E-state index in [1.54, 1.807) is 0 Å². The number of unbranched alkanes of at least 4 members (excludes halogenated alkanes) is 2. The first-order chi connectivity index (χ1) is 9.90.